The zero-order valence-electron chi connectivity index (χ0n) is 12.8. The highest BCUT2D eigenvalue weighted by Crippen LogP contribution is 2.29. The molecule has 0 amide bonds. The Morgan fingerprint density at radius 1 is 1.18 bits per heavy atom. The molecule has 1 aliphatic heterocycles. The summed E-state index contributed by atoms with van der Waals surface area (Å²) in [6.07, 6.45) is 7.85. The summed E-state index contributed by atoms with van der Waals surface area (Å²) in [4.78, 5) is 6.79. The molecule has 0 saturated heterocycles. The third kappa shape index (κ3) is 2.86. The van der Waals surface area contributed by atoms with Crippen LogP contribution in [0.15, 0.2) is 36.7 Å². The Kier molecular flexibility index (Phi) is 3.81. The van der Waals surface area contributed by atoms with Crippen molar-refractivity contribution in [1.82, 2.24) is 19.7 Å². The summed E-state index contributed by atoms with van der Waals surface area (Å²) < 4.78 is 7.99. The van der Waals surface area contributed by atoms with Crippen molar-refractivity contribution in [2.75, 3.05) is 19.7 Å². The van der Waals surface area contributed by atoms with Crippen molar-refractivity contribution in [3.63, 3.8) is 0 Å². The molecule has 1 fully saturated rings. The van der Waals surface area contributed by atoms with Crippen molar-refractivity contribution in [2.24, 2.45) is 5.92 Å². The van der Waals surface area contributed by atoms with E-state index < -0.39 is 0 Å². The van der Waals surface area contributed by atoms with Crippen LogP contribution in [-0.4, -0.2) is 39.4 Å². The summed E-state index contributed by atoms with van der Waals surface area (Å²) in [6.45, 7) is 3.85. The van der Waals surface area contributed by atoms with Crippen molar-refractivity contribution in [3.8, 4) is 5.88 Å². The molecule has 1 unspecified atom stereocenters. The molecule has 1 atom stereocenters. The van der Waals surface area contributed by atoms with Gasteiger partial charge < -0.3 is 4.74 Å². The van der Waals surface area contributed by atoms with Crippen LogP contribution >= 0.6 is 0 Å². The first-order chi connectivity index (χ1) is 10.9. The Morgan fingerprint density at radius 2 is 2.14 bits per heavy atom. The topological polar surface area (TPSA) is 43.2 Å². The Bertz CT molecular complexity index is 608. The quantitative estimate of drug-likeness (QED) is 0.850. The van der Waals surface area contributed by atoms with Crippen LogP contribution in [-0.2, 0) is 6.54 Å². The first-order valence-corrected chi connectivity index (χ1v) is 8.17. The lowest BCUT2D eigenvalue weighted by Gasteiger charge is -2.37. The van der Waals surface area contributed by atoms with Crippen LogP contribution in [0.2, 0.25) is 0 Å². The average molecular weight is 298 g/mol. The van der Waals surface area contributed by atoms with Gasteiger partial charge in [-0.1, -0.05) is 12.5 Å². The van der Waals surface area contributed by atoms with Gasteiger partial charge in [0.1, 0.15) is 6.61 Å². The third-order valence-corrected chi connectivity index (χ3v) is 4.76. The monoisotopic (exact) mass is 298 g/mol. The number of fused-ring (bicyclic) bond motifs is 1. The maximum absolute atomic E-state index is 5.87. The van der Waals surface area contributed by atoms with Gasteiger partial charge in [-0.05, 0) is 30.9 Å². The highest BCUT2D eigenvalue weighted by Gasteiger charge is 2.29. The van der Waals surface area contributed by atoms with Gasteiger partial charge in [-0.2, -0.15) is 5.10 Å². The summed E-state index contributed by atoms with van der Waals surface area (Å²) in [7, 11) is 0. The normalized spacial score (nSPS) is 22.1. The lowest BCUT2D eigenvalue weighted by atomic mass is 9.85. The van der Waals surface area contributed by atoms with E-state index in [0.717, 1.165) is 19.0 Å². The molecule has 0 spiro atoms. The lowest BCUT2D eigenvalue weighted by molar-refractivity contribution is 0.0992. The van der Waals surface area contributed by atoms with Gasteiger partial charge in [0.25, 0.3) is 0 Å². The minimum Gasteiger partial charge on any atom is -0.475 e. The maximum Gasteiger partial charge on any atom is 0.213 e. The number of ether oxygens (including phenoxy) is 1. The maximum atomic E-state index is 5.87. The number of rotatable bonds is 5. The lowest BCUT2D eigenvalue weighted by Crippen LogP contribution is -2.43. The molecular weight excluding hydrogens is 276 g/mol. The largest absolute Gasteiger partial charge is 0.475 e. The van der Waals surface area contributed by atoms with E-state index in [1.807, 2.05) is 24.4 Å². The standard InChI is InChI=1S/C17H22N4O/c1-2-8-18-17(6-1)22-13-16-12-20(10-14-4-3-5-14)11-15-7-9-19-21(15)16/h1-2,6-9,14,16H,3-5,10-13H2. The fourth-order valence-electron chi connectivity index (χ4n) is 3.38. The molecule has 4 rings (SSSR count). The Balaban J connectivity index is 1.43. The summed E-state index contributed by atoms with van der Waals surface area (Å²) in [5.41, 5.74) is 1.29. The third-order valence-electron chi connectivity index (χ3n) is 4.76. The molecule has 1 aliphatic carbocycles. The average Bonchev–Trinajstić information content (AvgIpc) is 2.98. The number of hydrogen-bond acceptors (Lipinski definition) is 4. The van der Waals surface area contributed by atoms with Crippen LogP contribution in [0.3, 0.4) is 0 Å². The van der Waals surface area contributed by atoms with Gasteiger partial charge in [0.05, 0.1) is 11.7 Å². The van der Waals surface area contributed by atoms with Gasteiger partial charge in [0, 0.05) is 38.1 Å². The number of nitrogens with zero attached hydrogens (tertiary/aromatic N) is 4. The molecule has 2 aliphatic rings. The summed E-state index contributed by atoms with van der Waals surface area (Å²) in [5, 5.41) is 4.49. The fraction of sp³-hybridized carbons (Fsp3) is 0.529. The van der Waals surface area contributed by atoms with Gasteiger partial charge in [-0.3, -0.25) is 9.58 Å². The second kappa shape index (κ2) is 6.08. The van der Waals surface area contributed by atoms with E-state index in [4.69, 9.17) is 4.74 Å². The second-order valence-corrected chi connectivity index (χ2v) is 6.39. The van der Waals surface area contributed by atoms with E-state index in [1.165, 1.54) is 31.5 Å². The van der Waals surface area contributed by atoms with Gasteiger partial charge >= 0.3 is 0 Å². The zero-order valence-corrected chi connectivity index (χ0v) is 12.8. The second-order valence-electron chi connectivity index (χ2n) is 6.39. The molecule has 3 heterocycles. The SMILES string of the molecule is c1ccc(OCC2CN(CC3CCC3)Cc3ccnn32)nc1. The van der Waals surface area contributed by atoms with Crippen molar-refractivity contribution in [3.05, 3.63) is 42.4 Å². The Labute approximate surface area is 130 Å². The first-order valence-electron chi connectivity index (χ1n) is 8.17. The molecule has 5 nitrogen and oxygen atoms in total. The van der Waals surface area contributed by atoms with E-state index in [1.54, 1.807) is 6.20 Å². The smallest absolute Gasteiger partial charge is 0.213 e. The number of aromatic nitrogens is 3. The van der Waals surface area contributed by atoms with Crippen LogP contribution < -0.4 is 4.74 Å². The highest BCUT2D eigenvalue weighted by molar-refractivity contribution is 5.10. The molecule has 0 aromatic carbocycles. The predicted octanol–water partition coefficient (Wildman–Crippen LogP) is 2.51. The van der Waals surface area contributed by atoms with E-state index in [0.29, 0.717) is 12.5 Å². The molecule has 116 valence electrons. The summed E-state index contributed by atoms with van der Waals surface area (Å²) >= 11 is 0. The van der Waals surface area contributed by atoms with Crippen LogP contribution in [0.25, 0.3) is 0 Å². The van der Waals surface area contributed by atoms with Crippen LogP contribution in [0, 0.1) is 5.92 Å². The van der Waals surface area contributed by atoms with E-state index in [-0.39, 0.29) is 6.04 Å². The molecule has 0 radical (unpaired) electrons. The summed E-state index contributed by atoms with van der Waals surface area (Å²) in [6, 6.07) is 8.14. The molecule has 2 aromatic heterocycles. The van der Waals surface area contributed by atoms with Gasteiger partial charge in [0.15, 0.2) is 0 Å². The van der Waals surface area contributed by atoms with E-state index >= 15 is 0 Å². The zero-order chi connectivity index (χ0) is 14.8. The molecule has 1 saturated carbocycles. The van der Waals surface area contributed by atoms with Crippen LogP contribution in [0.4, 0.5) is 0 Å². The molecule has 2 aromatic rings. The van der Waals surface area contributed by atoms with Crippen molar-refractivity contribution < 1.29 is 4.74 Å². The van der Waals surface area contributed by atoms with Crippen LogP contribution in [0.1, 0.15) is 31.0 Å². The Hall–Kier alpha value is -1.88. The first kappa shape index (κ1) is 13.8. The fourth-order valence-corrected chi connectivity index (χ4v) is 3.38. The minimum atomic E-state index is 0.265. The van der Waals surface area contributed by atoms with Gasteiger partial charge in [-0.15, -0.1) is 0 Å². The molecule has 0 bridgehead atoms. The summed E-state index contributed by atoms with van der Waals surface area (Å²) in [5.74, 6) is 1.58. The van der Waals surface area contributed by atoms with Crippen molar-refractivity contribution in [2.45, 2.75) is 31.8 Å². The van der Waals surface area contributed by atoms with Crippen molar-refractivity contribution >= 4 is 0 Å². The molecule has 22 heavy (non-hydrogen) atoms. The van der Waals surface area contributed by atoms with Gasteiger partial charge in [-0.25, -0.2) is 4.98 Å². The predicted molar refractivity (Wildman–Crippen MR) is 83.6 cm³/mol. The highest BCUT2D eigenvalue weighted by atomic mass is 16.5. The van der Waals surface area contributed by atoms with Crippen molar-refractivity contribution in [1.29, 1.82) is 0 Å². The van der Waals surface area contributed by atoms with Crippen LogP contribution in [0.5, 0.6) is 5.88 Å². The Morgan fingerprint density at radius 3 is 2.91 bits per heavy atom. The number of hydrogen-bond donors (Lipinski definition) is 0. The van der Waals surface area contributed by atoms with E-state index in [2.05, 4.69) is 25.7 Å². The molecular formula is C17H22N4O. The van der Waals surface area contributed by atoms with E-state index in [9.17, 15) is 0 Å². The van der Waals surface area contributed by atoms with Gasteiger partial charge in [0.2, 0.25) is 5.88 Å². The number of pyridine rings is 1. The molecule has 5 heteroatoms. The molecule has 0 N–H and O–H groups in total. The minimum absolute atomic E-state index is 0.265.